The third kappa shape index (κ3) is 8.61. The van der Waals surface area contributed by atoms with Crippen LogP contribution in [0.4, 0.5) is 13.6 Å². The van der Waals surface area contributed by atoms with Crippen molar-refractivity contribution in [3.8, 4) is 0 Å². The molecule has 1 saturated heterocycles. The highest BCUT2D eigenvalue weighted by atomic mass is 19.1. The third-order valence-corrected chi connectivity index (χ3v) is 6.73. The molecular weight excluding hydrogens is 460 g/mol. The van der Waals surface area contributed by atoms with E-state index in [1.807, 2.05) is 18.7 Å². The lowest BCUT2D eigenvalue weighted by atomic mass is 9.87. The van der Waals surface area contributed by atoms with Gasteiger partial charge in [0.05, 0.1) is 0 Å². The minimum absolute atomic E-state index is 0.0442. The van der Waals surface area contributed by atoms with E-state index in [-0.39, 0.29) is 35.4 Å². The predicted molar refractivity (Wildman–Crippen MR) is 139 cm³/mol. The number of nitrogens with one attached hydrogen (secondary N) is 2. The SMILES string of the molecule is CC(C)C[C@@H](NC(=O)N1CCCCCC1)C(=O)NCCCC(c1ccc(F)cc1)c1ccc(F)cc1. The number of likely N-dealkylation sites (tertiary alicyclic amines) is 1. The Morgan fingerprint density at radius 2 is 1.39 bits per heavy atom. The molecule has 0 aromatic heterocycles. The van der Waals surface area contributed by atoms with Crippen LogP contribution in [0.15, 0.2) is 48.5 Å². The summed E-state index contributed by atoms with van der Waals surface area (Å²) >= 11 is 0. The van der Waals surface area contributed by atoms with E-state index < -0.39 is 6.04 Å². The van der Waals surface area contributed by atoms with E-state index in [2.05, 4.69) is 10.6 Å². The van der Waals surface area contributed by atoms with Crippen molar-refractivity contribution < 1.29 is 18.4 Å². The minimum atomic E-state index is -0.578. The van der Waals surface area contributed by atoms with Gasteiger partial charge < -0.3 is 15.5 Å². The van der Waals surface area contributed by atoms with Crippen LogP contribution in [0.1, 0.15) is 75.8 Å². The first-order valence-corrected chi connectivity index (χ1v) is 13.2. The fourth-order valence-corrected chi connectivity index (χ4v) is 4.77. The van der Waals surface area contributed by atoms with E-state index in [1.165, 1.54) is 24.3 Å². The van der Waals surface area contributed by atoms with Gasteiger partial charge in [-0.3, -0.25) is 4.79 Å². The molecule has 0 spiro atoms. The lowest BCUT2D eigenvalue weighted by Gasteiger charge is -2.26. The number of nitrogens with zero attached hydrogens (tertiary/aromatic N) is 1. The van der Waals surface area contributed by atoms with E-state index in [0.717, 1.165) is 49.9 Å². The first kappa shape index (κ1) is 27.6. The highest BCUT2D eigenvalue weighted by Gasteiger charge is 2.25. The lowest BCUT2D eigenvalue weighted by molar-refractivity contribution is -0.123. The molecule has 1 atom stereocenters. The Morgan fingerprint density at radius 1 is 0.861 bits per heavy atom. The molecule has 0 bridgehead atoms. The van der Waals surface area contributed by atoms with E-state index in [0.29, 0.717) is 25.8 Å². The topological polar surface area (TPSA) is 61.4 Å². The number of rotatable bonds is 10. The van der Waals surface area contributed by atoms with Crippen molar-refractivity contribution >= 4 is 11.9 Å². The number of urea groups is 1. The van der Waals surface area contributed by atoms with Gasteiger partial charge in [0.25, 0.3) is 0 Å². The molecule has 1 aliphatic rings. The first-order valence-electron chi connectivity index (χ1n) is 13.2. The van der Waals surface area contributed by atoms with Crippen LogP contribution in [-0.4, -0.2) is 42.5 Å². The zero-order chi connectivity index (χ0) is 25.9. The van der Waals surface area contributed by atoms with Gasteiger partial charge in [0, 0.05) is 25.6 Å². The lowest BCUT2D eigenvalue weighted by Crippen LogP contribution is -2.52. The van der Waals surface area contributed by atoms with Gasteiger partial charge in [0.1, 0.15) is 17.7 Å². The second-order valence-electron chi connectivity index (χ2n) is 10.1. The van der Waals surface area contributed by atoms with Crippen molar-refractivity contribution in [2.75, 3.05) is 19.6 Å². The summed E-state index contributed by atoms with van der Waals surface area (Å²) in [6.07, 6.45) is 6.22. The predicted octanol–water partition coefficient (Wildman–Crippen LogP) is 5.99. The number of benzene rings is 2. The van der Waals surface area contributed by atoms with Crippen LogP contribution in [0.5, 0.6) is 0 Å². The van der Waals surface area contributed by atoms with Crippen LogP contribution < -0.4 is 10.6 Å². The molecule has 2 N–H and O–H groups in total. The Balaban J connectivity index is 1.57. The van der Waals surface area contributed by atoms with Gasteiger partial charge in [-0.05, 0) is 73.4 Å². The summed E-state index contributed by atoms with van der Waals surface area (Å²) in [5, 5.41) is 5.95. The summed E-state index contributed by atoms with van der Waals surface area (Å²) in [4.78, 5) is 27.6. The van der Waals surface area contributed by atoms with Crippen molar-refractivity contribution in [1.82, 2.24) is 15.5 Å². The maximum Gasteiger partial charge on any atom is 0.318 e. The summed E-state index contributed by atoms with van der Waals surface area (Å²) < 4.78 is 26.9. The van der Waals surface area contributed by atoms with Gasteiger partial charge in [-0.25, -0.2) is 13.6 Å². The molecule has 7 heteroatoms. The zero-order valence-electron chi connectivity index (χ0n) is 21.4. The Labute approximate surface area is 213 Å². The van der Waals surface area contributed by atoms with Gasteiger partial charge in [-0.1, -0.05) is 51.0 Å². The van der Waals surface area contributed by atoms with Crippen molar-refractivity contribution in [3.05, 3.63) is 71.3 Å². The smallest absolute Gasteiger partial charge is 0.318 e. The van der Waals surface area contributed by atoms with Crippen molar-refractivity contribution in [1.29, 1.82) is 0 Å². The molecule has 0 saturated carbocycles. The van der Waals surface area contributed by atoms with Gasteiger partial charge in [-0.15, -0.1) is 0 Å². The normalized spacial score (nSPS) is 15.0. The molecule has 0 unspecified atom stereocenters. The summed E-state index contributed by atoms with van der Waals surface area (Å²) in [5.74, 6) is -0.569. The fraction of sp³-hybridized carbons (Fsp3) is 0.517. The van der Waals surface area contributed by atoms with E-state index in [1.54, 1.807) is 24.3 Å². The highest BCUT2D eigenvalue weighted by Crippen LogP contribution is 2.29. The number of carbonyl (C=O) groups is 2. The average molecular weight is 500 g/mol. The molecule has 196 valence electrons. The molecule has 2 aromatic rings. The number of hydrogen-bond acceptors (Lipinski definition) is 2. The number of halogens is 2. The Bertz CT molecular complexity index is 910. The largest absolute Gasteiger partial charge is 0.354 e. The molecule has 36 heavy (non-hydrogen) atoms. The van der Waals surface area contributed by atoms with Gasteiger partial charge in [-0.2, -0.15) is 0 Å². The standard InChI is InChI=1S/C29H39F2N3O2/c1-21(2)20-27(33-29(36)34-18-5-3-4-6-19-34)28(35)32-17-7-8-26(22-9-13-24(30)14-10-22)23-11-15-25(31)16-12-23/h9-16,21,26-27H,3-8,17-20H2,1-2H3,(H,32,35)(H,33,36)/t27-/m1/s1. The van der Waals surface area contributed by atoms with Gasteiger partial charge >= 0.3 is 6.03 Å². The van der Waals surface area contributed by atoms with Crippen LogP contribution in [-0.2, 0) is 4.79 Å². The Kier molecular flexibility index (Phi) is 10.7. The van der Waals surface area contributed by atoms with Crippen molar-refractivity contribution in [3.63, 3.8) is 0 Å². The van der Waals surface area contributed by atoms with Crippen LogP contribution in [0.25, 0.3) is 0 Å². The molecular formula is C29H39F2N3O2. The Morgan fingerprint density at radius 3 is 1.89 bits per heavy atom. The highest BCUT2D eigenvalue weighted by molar-refractivity contribution is 5.87. The molecule has 5 nitrogen and oxygen atoms in total. The second-order valence-corrected chi connectivity index (χ2v) is 10.1. The summed E-state index contributed by atoms with van der Waals surface area (Å²) in [6, 6.07) is 12.0. The number of carbonyl (C=O) groups excluding carboxylic acids is 2. The fourth-order valence-electron chi connectivity index (χ4n) is 4.77. The number of amides is 3. The molecule has 1 heterocycles. The van der Waals surface area contributed by atoms with Gasteiger partial charge in [0.2, 0.25) is 5.91 Å². The number of hydrogen-bond donors (Lipinski definition) is 2. The molecule has 2 aromatic carbocycles. The molecule has 3 amide bonds. The van der Waals surface area contributed by atoms with Crippen LogP contribution in [0.3, 0.4) is 0 Å². The maximum absolute atomic E-state index is 13.5. The minimum Gasteiger partial charge on any atom is -0.354 e. The van der Waals surface area contributed by atoms with Crippen LogP contribution in [0.2, 0.25) is 0 Å². The van der Waals surface area contributed by atoms with Crippen LogP contribution >= 0.6 is 0 Å². The zero-order valence-corrected chi connectivity index (χ0v) is 21.4. The molecule has 1 aliphatic heterocycles. The van der Waals surface area contributed by atoms with Gasteiger partial charge in [0.15, 0.2) is 0 Å². The summed E-state index contributed by atoms with van der Waals surface area (Å²) in [5.41, 5.74) is 1.88. The second kappa shape index (κ2) is 14.0. The quantitative estimate of drug-likeness (QED) is 0.394. The average Bonchev–Trinajstić information content (AvgIpc) is 3.15. The van der Waals surface area contributed by atoms with Crippen molar-refractivity contribution in [2.45, 2.75) is 70.8 Å². The maximum atomic E-state index is 13.5. The first-order chi connectivity index (χ1) is 17.3. The molecule has 1 fully saturated rings. The monoisotopic (exact) mass is 499 g/mol. The summed E-state index contributed by atoms with van der Waals surface area (Å²) in [6.45, 7) is 5.99. The van der Waals surface area contributed by atoms with E-state index in [9.17, 15) is 18.4 Å². The molecule has 0 aliphatic carbocycles. The van der Waals surface area contributed by atoms with Crippen LogP contribution in [0, 0.1) is 17.6 Å². The molecule has 3 rings (SSSR count). The van der Waals surface area contributed by atoms with E-state index in [4.69, 9.17) is 0 Å². The van der Waals surface area contributed by atoms with E-state index >= 15 is 0 Å². The Hall–Kier alpha value is -2.96. The molecule has 0 radical (unpaired) electrons. The third-order valence-electron chi connectivity index (χ3n) is 6.73. The summed E-state index contributed by atoms with van der Waals surface area (Å²) in [7, 11) is 0. The van der Waals surface area contributed by atoms with Crippen molar-refractivity contribution in [2.24, 2.45) is 5.92 Å².